The van der Waals surface area contributed by atoms with E-state index in [0.29, 0.717) is 57.9 Å². The summed E-state index contributed by atoms with van der Waals surface area (Å²) >= 11 is 0. The third kappa shape index (κ3) is 23.0. The summed E-state index contributed by atoms with van der Waals surface area (Å²) < 4.78 is 0. The van der Waals surface area contributed by atoms with Gasteiger partial charge >= 0.3 is 11.9 Å². The number of amides is 8. The highest BCUT2D eigenvalue weighted by atomic mass is 16.4. The summed E-state index contributed by atoms with van der Waals surface area (Å²) in [5.74, 6) is -10.2. The first-order valence-corrected chi connectivity index (χ1v) is 24.0. The van der Waals surface area contributed by atoms with Gasteiger partial charge in [-0.05, 0) is 123 Å². The average Bonchev–Trinajstić information content (AvgIpc) is 3.82. The Bertz CT molecular complexity index is 1750. The first-order chi connectivity index (χ1) is 33.7. The van der Waals surface area contributed by atoms with E-state index in [0.717, 1.165) is 4.90 Å². The number of carboxylic acid groups (broad SMARTS) is 2. The van der Waals surface area contributed by atoms with Crippen LogP contribution in [0.5, 0.6) is 0 Å². The molecule has 406 valence electrons. The minimum atomic E-state index is -1.71. The average molecular weight is 1020 g/mol. The van der Waals surface area contributed by atoms with Gasteiger partial charge in [-0.25, -0.2) is 4.79 Å². The lowest BCUT2D eigenvalue weighted by Crippen LogP contribution is -2.61. The molecule has 0 unspecified atom stereocenters. The molecule has 1 heterocycles. The Hall–Kier alpha value is -5.62. The smallest absolute Gasteiger partial charge is 0.326 e. The molecular weight excluding hydrogens is 939 g/mol. The van der Waals surface area contributed by atoms with Crippen molar-refractivity contribution >= 4 is 59.2 Å². The maximum absolute atomic E-state index is 14.0. The molecule has 0 aromatic carbocycles. The molecule has 8 amide bonds. The second-order valence-corrected chi connectivity index (χ2v) is 17.3. The number of hydrogen-bond donors (Lipinski definition) is 17. The molecule has 0 bridgehead atoms. The highest BCUT2D eigenvalue weighted by Gasteiger charge is 2.41. The van der Waals surface area contributed by atoms with Gasteiger partial charge in [-0.3, -0.25) is 43.2 Å². The van der Waals surface area contributed by atoms with Gasteiger partial charge < -0.3 is 96.3 Å². The normalized spacial score (nSPS) is 17.1. The van der Waals surface area contributed by atoms with E-state index in [1.165, 1.54) is 6.92 Å². The monoisotopic (exact) mass is 1020 g/mol. The Morgan fingerprint density at radius 3 is 1.30 bits per heavy atom. The molecule has 0 spiro atoms. The molecule has 1 fully saturated rings. The minimum Gasteiger partial charge on any atom is -0.481 e. The number of nitrogens with one attached hydrogen (secondary N) is 7. The van der Waals surface area contributed by atoms with Gasteiger partial charge in [0, 0.05) is 6.54 Å². The van der Waals surface area contributed by atoms with Crippen LogP contribution in [0.2, 0.25) is 0 Å². The summed E-state index contributed by atoms with van der Waals surface area (Å²) in [6, 6.07) is -13.2. The number of nitrogens with zero attached hydrogens (tertiary/aromatic N) is 1. The van der Waals surface area contributed by atoms with Crippen LogP contribution in [0, 0.1) is 0 Å². The Kier molecular flexibility index (Phi) is 30.9. The van der Waals surface area contributed by atoms with Crippen LogP contribution in [0.3, 0.4) is 0 Å². The number of aliphatic hydroxyl groups excluding tert-OH is 3. The summed E-state index contributed by atoms with van der Waals surface area (Å²) in [5.41, 5.74) is 28.0. The zero-order valence-corrected chi connectivity index (χ0v) is 40.5. The quantitative estimate of drug-likeness (QED) is 0.0257. The van der Waals surface area contributed by atoms with Crippen LogP contribution in [-0.2, 0) is 47.9 Å². The fourth-order valence-electron chi connectivity index (χ4n) is 7.46. The number of carboxylic acids is 2. The van der Waals surface area contributed by atoms with Gasteiger partial charge in [0.1, 0.15) is 48.3 Å². The third-order valence-corrected chi connectivity index (χ3v) is 11.5. The summed E-state index contributed by atoms with van der Waals surface area (Å²) in [7, 11) is 0. The van der Waals surface area contributed by atoms with Crippen LogP contribution in [0.4, 0.5) is 0 Å². The van der Waals surface area contributed by atoms with Crippen LogP contribution < -0.4 is 65.9 Å². The number of aliphatic carboxylic acids is 2. The van der Waals surface area contributed by atoms with Crippen LogP contribution >= 0.6 is 0 Å². The highest BCUT2D eigenvalue weighted by molar-refractivity contribution is 5.98. The van der Waals surface area contributed by atoms with Gasteiger partial charge in [0.2, 0.25) is 47.3 Å². The molecule has 1 rings (SSSR count). The van der Waals surface area contributed by atoms with E-state index in [2.05, 4.69) is 37.2 Å². The summed E-state index contributed by atoms with van der Waals surface area (Å²) in [6.07, 6.45) is 1.12. The second-order valence-electron chi connectivity index (χ2n) is 17.3. The summed E-state index contributed by atoms with van der Waals surface area (Å²) in [6.45, 7) is 0.257. The zero-order chi connectivity index (χ0) is 53.6. The lowest BCUT2D eigenvalue weighted by Gasteiger charge is -2.32. The van der Waals surface area contributed by atoms with Crippen LogP contribution in [0.1, 0.15) is 103 Å². The number of rotatable bonds is 37. The van der Waals surface area contributed by atoms with Gasteiger partial charge in [0.05, 0.1) is 31.8 Å². The first-order valence-electron chi connectivity index (χ1n) is 24.0. The lowest BCUT2D eigenvalue weighted by molar-refractivity contribution is -0.145. The van der Waals surface area contributed by atoms with Crippen molar-refractivity contribution in [2.75, 3.05) is 45.9 Å². The van der Waals surface area contributed by atoms with Crippen molar-refractivity contribution in [1.82, 2.24) is 42.1 Å². The molecule has 0 radical (unpaired) electrons. The topological polar surface area (TPSA) is 489 Å². The van der Waals surface area contributed by atoms with Crippen molar-refractivity contribution in [3.63, 3.8) is 0 Å². The molecule has 10 atom stereocenters. The fourth-order valence-corrected chi connectivity index (χ4v) is 7.46. The van der Waals surface area contributed by atoms with Crippen molar-refractivity contribution in [2.45, 2.75) is 164 Å². The first kappa shape index (κ1) is 63.4. The maximum Gasteiger partial charge on any atom is 0.326 e. The van der Waals surface area contributed by atoms with Crippen molar-refractivity contribution in [2.24, 2.45) is 28.7 Å². The van der Waals surface area contributed by atoms with Crippen molar-refractivity contribution < 1.29 is 73.5 Å². The predicted molar refractivity (Wildman–Crippen MR) is 254 cm³/mol. The summed E-state index contributed by atoms with van der Waals surface area (Å²) in [5, 5.41) is 66.4. The molecule has 0 aromatic heterocycles. The molecule has 22 N–H and O–H groups in total. The number of likely N-dealkylation sites (tertiary alicyclic amines) is 1. The Labute approximate surface area is 412 Å². The van der Waals surface area contributed by atoms with Crippen molar-refractivity contribution in [3.05, 3.63) is 0 Å². The minimum absolute atomic E-state index is 0.00461. The van der Waals surface area contributed by atoms with Gasteiger partial charge in [0.25, 0.3) is 0 Å². The molecule has 1 aliphatic heterocycles. The maximum atomic E-state index is 14.0. The summed E-state index contributed by atoms with van der Waals surface area (Å²) in [4.78, 5) is 132. The van der Waals surface area contributed by atoms with E-state index < -0.39 is 139 Å². The van der Waals surface area contributed by atoms with Crippen LogP contribution in [0.25, 0.3) is 0 Å². The van der Waals surface area contributed by atoms with E-state index in [1.54, 1.807) is 0 Å². The number of nitrogens with two attached hydrogens (primary N) is 5. The second kappa shape index (κ2) is 34.7. The van der Waals surface area contributed by atoms with Crippen LogP contribution in [-0.4, -0.2) is 196 Å². The largest absolute Gasteiger partial charge is 0.481 e. The Morgan fingerprint density at radius 1 is 0.535 bits per heavy atom. The number of aliphatic hydroxyl groups is 3. The fraction of sp³-hybridized carbons (Fsp3) is 0.767. The Morgan fingerprint density at radius 2 is 0.901 bits per heavy atom. The van der Waals surface area contributed by atoms with Crippen molar-refractivity contribution in [3.8, 4) is 0 Å². The zero-order valence-electron chi connectivity index (χ0n) is 40.5. The highest BCUT2D eigenvalue weighted by Crippen LogP contribution is 2.20. The molecule has 71 heavy (non-hydrogen) atoms. The van der Waals surface area contributed by atoms with E-state index >= 15 is 0 Å². The van der Waals surface area contributed by atoms with Crippen molar-refractivity contribution in [1.29, 1.82) is 0 Å². The van der Waals surface area contributed by atoms with Gasteiger partial charge in [-0.2, -0.15) is 0 Å². The van der Waals surface area contributed by atoms with E-state index in [4.69, 9.17) is 33.8 Å². The van der Waals surface area contributed by atoms with Gasteiger partial charge in [-0.15, -0.1) is 0 Å². The van der Waals surface area contributed by atoms with Gasteiger partial charge in [-0.1, -0.05) is 0 Å². The number of unbranched alkanes of at least 4 members (excludes halogenated alkanes) is 4. The molecule has 28 nitrogen and oxygen atoms in total. The SMILES string of the molecule is C[C@@H](O)[C@H](NC(=O)[C@H](CCCCN)NC(=O)[C@@H](N)CC(=O)O)C(=O)N1CCC[C@H]1C(=O)N[C@@H](CCCCN)C(=O)N[C@@H](CO)C(=O)N[C@@H](CCCCN)C(=O)N[C@@H](CO)C(=O)N[C@@H](CCCCN)C(=O)O. The molecule has 0 aliphatic carbocycles. The van der Waals surface area contributed by atoms with Crippen LogP contribution in [0.15, 0.2) is 0 Å². The number of hydrogen-bond acceptors (Lipinski definition) is 18. The molecule has 1 saturated heterocycles. The number of carbonyl (C=O) groups is 10. The molecule has 0 aromatic rings. The molecule has 1 aliphatic rings. The molecule has 28 heteroatoms. The molecular formula is C43H79N13O15. The predicted octanol–water partition coefficient (Wildman–Crippen LogP) is -6.86. The van der Waals surface area contributed by atoms with E-state index in [1.807, 2.05) is 0 Å². The molecule has 0 saturated carbocycles. The Balaban J connectivity index is 3.27. The third-order valence-electron chi connectivity index (χ3n) is 11.5. The van der Waals surface area contributed by atoms with Gasteiger partial charge in [0.15, 0.2) is 0 Å². The van der Waals surface area contributed by atoms with E-state index in [9.17, 15) is 68.4 Å². The standard InChI is InChI=1S/C43H79N13O15/c1-24(59)34(55-38(65)28(13-4-8-18-46)49-35(62)25(48)21-33(60)61)42(69)56-20-10-15-32(56)41(68)51-27(12-3-7-17-45)37(64)53-30(22-57)39(66)50-26(11-2-6-16-44)36(63)54-31(23-58)40(67)52-29(43(70)71)14-5-9-19-47/h24-32,34,57-59H,2-23,44-48H2,1H3,(H,49,62)(H,50,66)(H,51,68)(H,52,67)(H,53,64)(H,54,63)(H,55,65)(H,60,61)(H,70,71)/t24-,25+,26+,27+,28+,29+,30+,31+,32+,34+/m1/s1. The lowest BCUT2D eigenvalue weighted by atomic mass is 10.0. The number of carbonyl (C=O) groups excluding carboxylic acids is 8. The van der Waals surface area contributed by atoms with E-state index in [-0.39, 0.29) is 64.7 Å².